The summed E-state index contributed by atoms with van der Waals surface area (Å²) in [6.07, 6.45) is -3.08. The molecule has 2 heterocycles. The Balaban J connectivity index is 1.88. The second-order valence-electron chi connectivity index (χ2n) is 8.01. The minimum Gasteiger partial charge on any atom is -0.468 e. The lowest BCUT2D eigenvalue weighted by Crippen LogP contribution is -2.38. The SMILES string of the molecule is COC(=O)C(C)(Cc1cccc(F)c1)c1ccnc2c(-c3ccc(C(F)(F)F)cc3)c(=O)[nH]n12. The molecule has 6 nitrogen and oxygen atoms in total. The van der Waals surface area contributed by atoms with Crippen LogP contribution in [0.1, 0.15) is 23.7 Å². The van der Waals surface area contributed by atoms with Gasteiger partial charge >= 0.3 is 12.1 Å². The zero-order valence-electron chi connectivity index (χ0n) is 18.1. The van der Waals surface area contributed by atoms with Crippen molar-refractivity contribution in [1.29, 1.82) is 0 Å². The number of benzene rings is 2. The third-order valence-electron chi connectivity index (χ3n) is 5.69. The molecule has 1 unspecified atom stereocenters. The molecule has 10 heteroatoms. The van der Waals surface area contributed by atoms with Crippen LogP contribution in [0.4, 0.5) is 17.6 Å². The van der Waals surface area contributed by atoms with E-state index in [2.05, 4.69) is 10.1 Å². The third-order valence-corrected chi connectivity index (χ3v) is 5.69. The molecule has 0 radical (unpaired) electrons. The Labute approximate surface area is 190 Å². The highest BCUT2D eigenvalue weighted by Crippen LogP contribution is 2.33. The van der Waals surface area contributed by atoms with E-state index >= 15 is 0 Å². The lowest BCUT2D eigenvalue weighted by Gasteiger charge is -2.27. The fourth-order valence-corrected chi connectivity index (χ4v) is 4.04. The molecule has 0 saturated heterocycles. The number of carbonyl (C=O) groups excluding carboxylic acids is 1. The van der Waals surface area contributed by atoms with Gasteiger partial charge < -0.3 is 4.74 Å². The quantitative estimate of drug-likeness (QED) is 0.342. The molecule has 0 aliphatic carbocycles. The summed E-state index contributed by atoms with van der Waals surface area (Å²) in [5, 5.41) is 2.62. The van der Waals surface area contributed by atoms with E-state index in [9.17, 15) is 27.2 Å². The first kappa shape index (κ1) is 23.2. The van der Waals surface area contributed by atoms with Crippen LogP contribution in [0.15, 0.2) is 65.6 Å². The monoisotopic (exact) mass is 473 g/mol. The summed E-state index contributed by atoms with van der Waals surface area (Å²) >= 11 is 0. The Morgan fingerprint density at radius 1 is 1.12 bits per heavy atom. The molecule has 0 fully saturated rings. The highest BCUT2D eigenvalue weighted by Gasteiger charge is 2.40. The molecular weight excluding hydrogens is 454 g/mol. The molecule has 0 bridgehead atoms. The number of halogens is 4. The van der Waals surface area contributed by atoms with Crippen molar-refractivity contribution in [2.45, 2.75) is 24.9 Å². The van der Waals surface area contributed by atoms with Crippen molar-refractivity contribution in [1.82, 2.24) is 14.6 Å². The van der Waals surface area contributed by atoms with Crippen molar-refractivity contribution >= 4 is 11.6 Å². The van der Waals surface area contributed by atoms with Crippen molar-refractivity contribution in [3.05, 3.63) is 93.8 Å². The fraction of sp³-hybridized carbons (Fsp3) is 0.208. The maximum Gasteiger partial charge on any atom is 0.416 e. The number of carbonyl (C=O) groups is 1. The lowest BCUT2D eigenvalue weighted by atomic mass is 9.80. The summed E-state index contributed by atoms with van der Waals surface area (Å²) in [6.45, 7) is 1.59. The molecule has 0 aliphatic rings. The van der Waals surface area contributed by atoms with Gasteiger partial charge in [-0.15, -0.1) is 0 Å². The molecular formula is C24H19F4N3O3. The van der Waals surface area contributed by atoms with Gasteiger partial charge in [-0.2, -0.15) is 13.2 Å². The van der Waals surface area contributed by atoms with Crippen molar-refractivity contribution in [2.75, 3.05) is 7.11 Å². The first-order chi connectivity index (χ1) is 16.0. The number of methoxy groups -OCH3 is 1. The maximum absolute atomic E-state index is 13.8. The van der Waals surface area contributed by atoms with Gasteiger partial charge in [-0.1, -0.05) is 24.3 Å². The number of nitrogens with one attached hydrogen (secondary N) is 1. The first-order valence-corrected chi connectivity index (χ1v) is 10.2. The van der Waals surface area contributed by atoms with Crippen LogP contribution in [0.25, 0.3) is 16.8 Å². The number of hydrogen-bond donors (Lipinski definition) is 1. The molecule has 4 rings (SSSR count). The Bertz CT molecular complexity index is 1420. The van der Waals surface area contributed by atoms with Gasteiger partial charge in [-0.3, -0.25) is 14.7 Å². The van der Waals surface area contributed by atoms with Crippen molar-refractivity contribution in [3.63, 3.8) is 0 Å². The maximum atomic E-state index is 13.8. The summed E-state index contributed by atoms with van der Waals surface area (Å²) in [6, 6.07) is 11.4. The van der Waals surface area contributed by atoms with E-state index < -0.39 is 34.5 Å². The van der Waals surface area contributed by atoms with Crippen LogP contribution in [-0.2, 0) is 27.5 Å². The Hall–Kier alpha value is -3.95. The number of nitrogens with zero attached hydrogens (tertiary/aromatic N) is 2. The van der Waals surface area contributed by atoms with Crippen LogP contribution in [-0.4, -0.2) is 27.7 Å². The minimum absolute atomic E-state index is 0.0480. The highest BCUT2D eigenvalue weighted by atomic mass is 19.4. The zero-order valence-corrected chi connectivity index (χ0v) is 18.1. The molecule has 1 atom stereocenters. The van der Waals surface area contributed by atoms with E-state index in [1.165, 1.54) is 54.2 Å². The van der Waals surface area contributed by atoms with Crippen LogP contribution in [0.5, 0.6) is 0 Å². The van der Waals surface area contributed by atoms with Crippen LogP contribution < -0.4 is 5.56 Å². The summed E-state index contributed by atoms with van der Waals surface area (Å²) in [5.74, 6) is -1.10. The Morgan fingerprint density at radius 2 is 1.82 bits per heavy atom. The van der Waals surface area contributed by atoms with E-state index in [0.29, 0.717) is 11.3 Å². The molecule has 0 saturated carbocycles. The number of rotatable bonds is 5. The van der Waals surface area contributed by atoms with E-state index in [-0.39, 0.29) is 23.2 Å². The van der Waals surface area contributed by atoms with Gasteiger partial charge in [0.15, 0.2) is 5.65 Å². The molecule has 0 aliphatic heterocycles. The summed E-state index contributed by atoms with van der Waals surface area (Å²) in [7, 11) is 1.22. The molecule has 0 spiro atoms. The molecule has 1 N–H and O–H groups in total. The number of alkyl halides is 3. The van der Waals surface area contributed by atoms with Crippen molar-refractivity contribution in [3.8, 4) is 11.1 Å². The van der Waals surface area contributed by atoms with Gasteiger partial charge in [0, 0.05) is 6.20 Å². The zero-order chi connectivity index (χ0) is 24.7. The summed E-state index contributed by atoms with van der Waals surface area (Å²) in [4.78, 5) is 30.0. The number of aromatic nitrogens is 3. The molecule has 176 valence electrons. The van der Waals surface area contributed by atoms with E-state index in [1.54, 1.807) is 13.0 Å². The largest absolute Gasteiger partial charge is 0.468 e. The molecule has 2 aromatic heterocycles. The average Bonchev–Trinajstić information content (AvgIpc) is 3.13. The molecule has 34 heavy (non-hydrogen) atoms. The number of ether oxygens (including phenoxy) is 1. The number of esters is 1. The highest BCUT2D eigenvalue weighted by molar-refractivity contribution is 5.84. The number of fused-ring (bicyclic) bond motifs is 1. The van der Waals surface area contributed by atoms with Gasteiger partial charge in [0.1, 0.15) is 11.2 Å². The van der Waals surface area contributed by atoms with E-state index in [4.69, 9.17) is 4.74 Å². The molecule has 0 amide bonds. The van der Waals surface area contributed by atoms with E-state index in [1.807, 2.05) is 0 Å². The van der Waals surface area contributed by atoms with Crippen LogP contribution in [0.2, 0.25) is 0 Å². The first-order valence-electron chi connectivity index (χ1n) is 10.2. The van der Waals surface area contributed by atoms with Gasteiger partial charge in [0.05, 0.1) is 23.9 Å². The normalized spacial score (nSPS) is 13.6. The third kappa shape index (κ3) is 4.07. The van der Waals surface area contributed by atoms with Gasteiger partial charge in [-0.25, -0.2) is 13.9 Å². The van der Waals surface area contributed by atoms with Gasteiger partial charge in [0.2, 0.25) is 0 Å². The molecule has 2 aromatic carbocycles. The summed E-state index contributed by atoms with van der Waals surface area (Å²) < 4.78 is 58.9. The van der Waals surface area contributed by atoms with Crippen molar-refractivity contribution in [2.24, 2.45) is 0 Å². The standard InChI is InChI=1S/C24H19F4N3O3/c1-23(22(33)34-2,13-14-4-3-5-17(25)12-14)18-10-11-29-20-19(21(32)30-31(18)20)15-6-8-16(9-7-15)24(26,27)28/h3-12H,13H2,1-2H3,(H,30,32). The van der Waals surface area contributed by atoms with Crippen LogP contribution in [0, 0.1) is 5.82 Å². The second kappa shape index (κ2) is 8.44. The predicted molar refractivity (Wildman–Crippen MR) is 116 cm³/mol. The van der Waals surface area contributed by atoms with Gasteiger partial charge in [-0.05, 0) is 54.8 Å². The van der Waals surface area contributed by atoms with E-state index in [0.717, 1.165) is 12.1 Å². The average molecular weight is 473 g/mol. The Morgan fingerprint density at radius 3 is 2.44 bits per heavy atom. The number of H-pyrrole nitrogens is 1. The lowest BCUT2D eigenvalue weighted by molar-refractivity contribution is -0.147. The second-order valence-corrected chi connectivity index (χ2v) is 8.01. The Kier molecular flexibility index (Phi) is 5.76. The van der Waals surface area contributed by atoms with Gasteiger partial charge in [0.25, 0.3) is 5.56 Å². The minimum atomic E-state index is -4.52. The van der Waals surface area contributed by atoms with Crippen LogP contribution >= 0.6 is 0 Å². The van der Waals surface area contributed by atoms with Crippen LogP contribution in [0.3, 0.4) is 0 Å². The topological polar surface area (TPSA) is 76.5 Å². The number of aromatic amines is 1. The van der Waals surface area contributed by atoms with Crippen molar-refractivity contribution < 1.29 is 27.1 Å². The predicted octanol–water partition coefficient (Wildman–Crippen LogP) is 4.52. The fourth-order valence-electron chi connectivity index (χ4n) is 4.04. The summed E-state index contributed by atoms with van der Waals surface area (Å²) in [5.41, 5.74) is -1.57. The molecule has 4 aromatic rings. The number of hydrogen-bond acceptors (Lipinski definition) is 4. The smallest absolute Gasteiger partial charge is 0.416 e.